The van der Waals surface area contributed by atoms with Gasteiger partial charge in [-0.3, -0.25) is 0 Å². The minimum Gasteiger partial charge on any atom is -0.390 e. The molecular weight excluding hydrogens is 168 g/mol. The molecule has 1 N–H and O–H groups in total. The van der Waals surface area contributed by atoms with Gasteiger partial charge in [-0.25, -0.2) is 0 Å². The van der Waals surface area contributed by atoms with Gasteiger partial charge < -0.3 is 14.6 Å². The van der Waals surface area contributed by atoms with Crippen LogP contribution in [0, 0.1) is 11.8 Å². The molecular formula is C10H20O3. The first-order chi connectivity index (χ1) is 6.20. The molecule has 0 radical (unpaired) electrons. The molecule has 0 spiro atoms. The fourth-order valence-electron chi connectivity index (χ4n) is 1.42. The maximum atomic E-state index is 9.66. The minimum absolute atomic E-state index is 0.284. The Kier molecular flexibility index (Phi) is 4.70. The van der Waals surface area contributed by atoms with Crippen LogP contribution in [0.2, 0.25) is 0 Å². The predicted molar refractivity (Wildman–Crippen MR) is 50.6 cm³/mol. The number of aliphatic hydroxyl groups excluding tert-OH is 1. The molecule has 1 aliphatic heterocycles. The highest BCUT2D eigenvalue weighted by atomic mass is 16.5. The number of rotatable bonds is 5. The lowest BCUT2D eigenvalue weighted by atomic mass is 10.0. The zero-order chi connectivity index (χ0) is 9.68. The van der Waals surface area contributed by atoms with Crippen molar-refractivity contribution in [1.82, 2.24) is 0 Å². The van der Waals surface area contributed by atoms with E-state index in [-0.39, 0.29) is 12.0 Å². The third kappa shape index (κ3) is 4.07. The van der Waals surface area contributed by atoms with Crippen LogP contribution in [0.4, 0.5) is 0 Å². The van der Waals surface area contributed by atoms with E-state index < -0.39 is 0 Å². The van der Waals surface area contributed by atoms with E-state index in [9.17, 15) is 5.11 Å². The maximum absolute atomic E-state index is 9.66. The van der Waals surface area contributed by atoms with E-state index in [1.165, 1.54) is 0 Å². The van der Waals surface area contributed by atoms with Crippen LogP contribution in [-0.2, 0) is 9.47 Å². The van der Waals surface area contributed by atoms with E-state index in [1.807, 2.05) is 0 Å². The summed E-state index contributed by atoms with van der Waals surface area (Å²) in [4.78, 5) is 0. The second kappa shape index (κ2) is 5.58. The van der Waals surface area contributed by atoms with Crippen molar-refractivity contribution in [3.8, 4) is 0 Å². The number of aliphatic hydroxyl groups is 1. The van der Waals surface area contributed by atoms with E-state index in [0.717, 1.165) is 19.6 Å². The number of hydrogen-bond acceptors (Lipinski definition) is 3. The summed E-state index contributed by atoms with van der Waals surface area (Å²) in [6.45, 7) is 6.85. The van der Waals surface area contributed by atoms with Crippen molar-refractivity contribution in [1.29, 1.82) is 0 Å². The Morgan fingerprint density at radius 3 is 2.77 bits per heavy atom. The topological polar surface area (TPSA) is 38.7 Å². The van der Waals surface area contributed by atoms with E-state index in [1.54, 1.807) is 0 Å². The summed E-state index contributed by atoms with van der Waals surface area (Å²) in [5.41, 5.74) is 0. The molecule has 2 atom stereocenters. The number of ether oxygens (including phenoxy) is 2. The first-order valence-corrected chi connectivity index (χ1v) is 5.03. The van der Waals surface area contributed by atoms with Crippen molar-refractivity contribution in [3.05, 3.63) is 0 Å². The zero-order valence-corrected chi connectivity index (χ0v) is 8.53. The van der Waals surface area contributed by atoms with Crippen LogP contribution in [0.1, 0.15) is 20.3 Å². The summed E-state index contributed by atoms with van der Waals surface area (Å²) < 4.78 is 10.6. The third-order valence-electron chi connectivity index (χ3n) is 2.25. The molecule has 0 aliphatic carbocycles. The van der Waals surface area contributed by atoms with Crippen molar-refractivity contribution in [2.45, 2.75) is 26.4 Å². The normalized spacial score (nSPS) is 25.4. The van der Waals surface area contributed by atoms with Crippen molar-refractivity contribution in [3.63, 3.8) is 0 Å². The summed E-state index contributed by atoms with van der Waals surface area (Å²) in [6.07, 6.45) is 0.618. The summed E-state index contributed by atoms with van der Waals surface area (Å²) in [7, 11) is 0. The molecule has 0 aromatic heterocycles. The van der Waals surface area contributed by atoms with Crippen LogP contribution in [0.5, 0.6) is 0 Å². The molecule has 1 aliphatic rings. The van der Waals surface area contributed by atoms with Crippen LogP contribution >= 0.6 is 0 Å². The highest BCUT2D eigenvalue weighted by molar-refractivity contribution is 4.72. The Hall–Kier alpha value is -0.120. The molecule has 3 nitrogen and oxygen atoms in total. The molecule has 3 heteroatoms. The molecule has 1 heterocycles. The molecule has 1 fully saturated rings. The molecule has 13 heavy (non-hydrogen) atoms. The van der Waals surface area contributed by atoms with Crippen LogP contribution in [0.15, 0.2) is 0 Å². The first-order valence-electron chi connectivity index (χ1n) is 5.03. The van der Waals surface area contributed by atoms with Crippen LogP contribution in [-0.4, -0.2) is 37.6 Å². The summed E-state index contributed by atoms with van der Waals surface area (Å²) in [6, 6.07) is 0. The standard InChI is InChI=1S/C10H20O3/c1-8(2)5-13-7-10(11)9-3-4-12-6-9/h8-11H,3-7H2,1-2H3. The van der Waals surface area contributed by atoms with E-state index in [4.69, 9.17) is 9.47 Å². The average Bonchev–Trinajstić information content (AvgIpc) is 2.55. The van der Waals surface area contributed by atoms with E-state index in [2.05, 4.69) is 13.8 Å². The average molecular weight is 188 g/mol. The van der Waals surface area contributed by atoms with E-state index in [0.29, 0.717) is 19.1 Å². The van der Waals surface area contributed by atoms with Gasteiger partial charge in [0.1, 0.15) is 0 Å². The Balaban J connectivity index is 2.06. The van der Waals surface area contributed by atoms with Gasteiger partial charge >= 0.3 is 0 Å². The van der Waals surface area contributed by atoms with Gasteiger partial charge in [0.25, 0.3) is 0 Å². The van der Waals surface area contributed by atoms with Gasteiger partial charge in [0.05, 0.1) is 19.3 Å². The van der Waals surface area contributed by atoms with Crippen molar-refractivity contribution in [2.24, 2.45) is 11.8 Å². The Labute approximate surface area is 80.0 Å². The third-order valence-corrected chi connectivity index (χ3v) is 2.25. The van der Waals surface area contributed by atoms with Crippen LogP contribution in [0.25, 0.3) is 0 Å². The largest absolute Gasteiger partial charge is 0.390 e. The molecule has 0 saturated carbocycles. The maximum Gasteiger partial charge on any atom is 0.0824 e. The molecule has 0 aromatic carbocycles. The molecule has 1 rings (SSSR count). The molecule has 0 amide bonds. The minimum atomic E-state index is -0.346. The highest BCUT2D eigenvalue weighted by Crippen LogP contribution is 2.16. The Morgan fingerprint density at radius 2 is 2.23 bits per heavy atom. The number of hydrogen-bond donors (Lipinski definition) is 1. The quantitative estimate of drug-likeness (QED) is 0.701. The van der Waals surface area contributed by atoms with Crippen molar-refractivity contribution in [2.75, 3.05) is 26.4 Å². The van der Waals surface area contributed by atoms with Crippen molar-refractivity contribution >= 4 is 0 Å². The van der Waals surface area contributed by atoms with Gasteiger partial charge in [0, 0.05) is 19.1 Å². The van der Waals surface area contributed by atoms with E-state index >= 15 is 0 Å². The van der Waals surface area contributed by atoms with Gasteiger partial charge in [-0.05, 0) is 12.3 Å². The lowest BCUT2D eigenvalue weighted by Gasteiger charge is -2.17. The van der Waals surface area contributed by atoms with Gasteiger partial charge in [-0.2, -0.15) is 0 Å². The van der Waals surface area contributed by atoms with Gasteiger partial charge in [0.15, 0.2) is 0 Å². The summed E-state index contributed by atoms with van der Waals surface area (Å²) >= 11 is 0. The molecule has 2 unspecified atom stereocenters. The lowest BCUT2D eigenvalue weighted by molar-refractivity contribution is -0.00539. The summed E-state index contributed by atoms with van der Waals surface area (Å²) in [5, 5.41) is 9.66. The molecule has 78 valence electrons. The first kappa shape index (κ1) is 11.0. The van der Waals surface area contributed by atoms with Crippen LogP contribution < -0.4 is 0 Å². The Bertz CT molecular complexity index is 130. The molecule has 0 aromatic rings. The monoisotopic (exact) mass is 188 g/mol. The van der Waals surface area contributed by atoms with Crippen molar-refractivity contribution < 1.29 is 14.6 Å². The van der Waals surface area contributed by atoms with Crippen LogP contribution in [0.3, 0.4) is 0 Å². The fraction of sp³-hybridized carbons (Fsp3) is 1.00. The summed E-state index contributed by atoms with van der Waals surface area (Å²) in [5.74, 6) is 0.819. The lowest BCUT2D eigenvalue weighted by Crippen LogP contribution is -2.26. The molecule has 1 saturated heterocycles. The molecule has 0 bridgehead atoms. The smallest absolute Gasteiger partial charge is 0.0824 e. The van der Waals surface area contributed by atoms with Gasteiger partial charge in [-0.15, -0.1) is 0 Å². The van der Waals surface area contributed by atoms with Gasteiger partial charge in [0.2, 0.25) is 0 Å². The second-order valence-electron chi connectivity index (χ2n) is 4.12. The highest BCUT2D eigenvalue weighted by Gasteiger charge is 2.23. The SMILES string of the molecule is CC(C)COCC(O)C1CCOC1. The Morgan fingerprint density at radius 1 is 1.46 bits per heavy atom. The fourth-order valence-corrected chi connectivity index (χ4v) is 1.42. The second-order valence-corrected chi connectivity index (χ2v) is 4.12. The van der Waals surface area contributed by atoms with Gasteiger partial charge in [-0.1, -0.05) is 13.8 Å². The predicted octanol–water partition coefficient (Wildman–Crippen LogP) is 1.06. The zero-order valence-electron chi connectivity index (χ0n) is 8.53.